The molecule has 1 amide bonds. The molecule has 1 fully saturated rings. The van der Waals surface area contributed by atoms with Gasteiger partial charge in [-0.1, -0.05) is 19.3 Å². The second-order valence-corrected chi connectivity index (χ2v) is 6.73. The first-order valence-corrected chi connectivity index (χ1v) is 9.12. The maximum Gasteiger partial charge on any atom is 0.282 e. The van der Waals surface area contributed by atoms with Gasteiger partial charge in [-0.15, -0.1) is 24.2 Å². The average Bonchev–Trinajstić information content (AvgIpc) is 2.59. The predicted molar refractivity (Wildman–Crippen MR) is 99.0 cm³/mol. The highest BCUT2D eigenvalue weighted by Crippen LogP contribution is 2.28. The number of nitro benzene ring substituents is 1. The highest BCUT2D eigenvalue weighted by atomic mass is 35.5. The minimum atomic E-state index is -0.517. The Balaban J connectivity index is 0.00000288. The van der Waals surface area contributed by atoms with E-state index in [1.165, 1.54) is 24.2 Å². The van der Waals surface area contributed by atoms with Crippen LogP contribution in [0, 0.1) is 16.0 Å². The number of amides is 1. The van der Waals surface area contributed by atoms with Crippen molar-refractivity contribution in [1.82, 2.24) is 5.32 Å². The van der Waals surface area contributed by atoms with Crippen molar-refractivity contribution < 1.29 is 9.72 Å². The molecule has 3 N–H and O–H groups in total. The van der Waals surface area contributed by atoms with E-state index in [2.05, 4.69) is 5.32 Å². The van der Waals surface area contributed by atoms with E-state index in [0.29, 0.717) is 12.5 Å². The largest absolute Gasteiger partial charge is 0.348 e. The molecule has 0 saturated heterocycles. The Labute approximate surface area is 152 Å². The number of thioether (sulfide) groups is 1. The molecule has 0 aromatic heterocycles. The van der Waals surface area contributed by atoms with Crippen LogP contribution in [0.4, 0.5) is 5.69 Å². The first kappa shape index (κ1) is 20.7. The van der Waals surface area contributed by atoms with E-state index in [9.17, 15) is 14.9 Å². The van der Waals surface area contributed by atoms with E-state index in [1.54, 1.807) is 12.1 Å². The van der Waals surface area contributed by atoms with Gasteiger partial charge in [0.05, 0.1) is 4.92 Å². The summed E-state index contributed by atoms with van der Waals surface area (Å²) in [5, 5.41) is 14.1. The van der Waals surface area contributed by atoms with Gasteiger partial charge in [0.2, 0.25) is 0 Å². The third-order valence-electron chi connectivity index (χ3n) is 4.43. The van der Waals surface area contributed by atoms with Crippen LogP contribution in [0.1, 0.15) is 42.5 Å². The topological polar surface area (TPSA) is 98.3 Å². The lowest BCUT2D eigenvalue weighted by atomic mass is 9.84. The Morgan fingerprint density at radius 1 is 1.42 bits per heavy atom. The minimum absolute atomic E-state index is 0. The van der Waals surface area contributed by atoms with Crippen LogP contribution in [0.25, 0.3) is 0 Å². The molecule has 8 heteroatoms. The van der Waals surface area contributed by atoms with Crippen LogP contribution in [-0.4, -0.2) is 29.7 Å². The number of nitrogens with one attached hydrogen (secondary N) is 1. The van der Waals surface area contributed by atoms with Crippen LogP contribution in [0.15, 0.2) is 23.1 Å². The fourth-order valence-electron chi connectivity index (χ4n) is 3.14. The number of benzene rings is 1. The molecule has 0 bridgehead atoms. The predicted octanol–water partition coefficient (Wildman–Crippen LogP) is 3.38. The first-order chi connectivity index (χ1) is 11.1. The number of carbonyl (C=O) groups is 1. The van der Waals surface area contributed by atoms with Gasteiger partial charge in [-0.2, -0.15) is 0 Å². The highest BCUT2D eigenvalue weighted by Gasteiger charge is 2.27. The molecule has 0 spiro atoms. The summed E-state index contributed by atoms with van der Waals surface area (Å²) < 4.78 is 0. The Bertz CT molecular complexity index is 580. The maximum absolute atomic E-state index is 12.6. The quantitative estimate of drug-likeness (QED) is 0.452. The molecule has 1 atom stereocenters. The van der Waals surface area contributed by atoms with E-state index in [-0.39, 0.29) is 29.7 Å². The zero-order valence-corrected chi connectivity index (χ0v) is 15.3. The van der Waals surface area contributed by atoms with Crippen LogP contribution < -0.4 is 11.1 Å². The van der Waals surface area contributed by atoms with Crippen molar-refractivity contribution in [3.05, 3.63) is 33.9 Å². The zero-order chi connectivity index (χ0) is 16.8. The lowest BCUT2D eigenvalue weighted by Gasteiger charge is -2.30. The second-order valence-electron chi connectivity index (χ2n) is 5.85. The van der Waals surface area contributed by atoms with Crippen molar-refractivity contribution in [3.63, 3.8) is 0 Å². The number of nitro groups is 1. The van der Waals surface area contributed by atoms with E-state index in [1.807, 2.05) is 6.26 Å². The van der Waals surface area contributed by atoms with Crippen LogP contribution in [0.5, 0.6) is 0 Å². The molecule has 0 heterocycles. The minimum Gasteiger partial charge on any atom is -0.348 e. The van der Waals surface area contributed by atoms with Crippen LogP contribution in [-0.2, 0) is 0 Å². The van der Waals surface area contributed by atoms with Gasteiger partial charge in [0.25, 0.3) is 11.6 Å². The number of nitrogens with zero attached hydrogens (tertiary/aromatic N) is 1. The van der Waals surface area contributed by atoms with E-state index in [4.69, 9.17) is 5.73 Å². The molecule has 2 rings (SSSR count). The summed E-state index contributed by atoms with van der Waals surface area (Å²) in [6.45, 7) is 0.354. The smallest absolute Gasteiger partial charge is 0.282 e. The summed E-state index contributed by atoms with van der Waals surface area (Å²) in [6, 6.07) is 4.49. The molecule has 1 saturated carbocycles. The highest BCUT2D eigenvalue weighted by molar-refractivity contribution is 7.98. The van der Waals surface area contributed by atoms with Gasteiger partial charge >= 0.3 is 0 Å². The summed E-state index contributed by atoms with van der Waals surface area (Å²) in [7, 11) is 0. The zero-order valence-electron chi connectivity index (χ0n) is 13.7. The molecule has 0 aliphatic heterocycles. The molecule has 134 valence electrons. The third kappa shape index (κ3) is 5.09. The van der Waals surface area contributed by atoms with E-state index in [0.717, 1.165) is 30.6 Å². The molecule has 1 aromatic rings. The monoisotopic (exact) mass is 373 g/mol. The van der Waals surface area contributed by atoms with Crippen molar-refractivity contribution in [1.29, 1.82) is 0 Å². The van der Waals surface area contributed by atoms with E-state index >= 15 is 0 Å². The molecular weight excluding hydrogens is 350 g/mol. The maximum atomic E-state index is 12.6. The average molecular weight is 374 g/mol. The molecular formula is C16H24ClN3O3S. The van der Waals surface area contributed by atoms with Gasteiger partial charge in [-0.25, -0.2) is 0 Å². The van der Waals surface area contributed by atoms with Gasteiger partial charge in [-0.05, 0) is 37.1 Å². The van der Waals surface area contributed by atoms with Gasteiger partial charge < -0.3 is 11.1 Å². The Hall–Kier alpha value is -1.31. The first-order valence-electron chi connectivity index (χ1n) is 7.90. The van der Waals surface area contributed by atoms with Gasteiger partial charge in [0.1, 0.15) is 5.56 Å². The van der Waals surface area contributed by atoms with Gasteiger partial charge in [-0.3, -0.25) is 14.9 Å². The lowest BCUT2D eigenvalue weighted by molar-refractivity contribution is -0.385. The number of hydrogen-bond donors (Lipinski definition) is 2. The third-order valence-corrected chi connectivity index (χ3v) is 5.16. The number of rotatable bonds is 6. The lowest BCUT2D eigenvalue weighted by Crippen LogP contribution is -2.46. The molecule has 1 unspecified atom stereocenters. The fourth-order valence-corrected chi connectivity index (χ4v) is 3.57. The Morgan fingerprint density at radius 2 is 2.08 bits per heavy atom. The summed E-state index contributed by atoms with van der Waals surface area (Å²) in [6.07, 6.45) is 7.50. The van der Waals surface area contributed by atoms with Crippen molar-refractivity contribution in [2.75, 3.05) is 12.8 Å². The van der Waals surface area contributed by atoms with Gasteiger partial charge in [0, 0.05) is 23.5 Å². The summed E-state index contributed by atoms with van der Waals surface area (Å²) in [5.74, 6) is -0.0471. The fraction of sp³-hybridized carbons (Fsp3) is 0.562. The molecule has 24 heavy (non-hydrogen) atoms. The number of halogens is 1. The molecule has 1 aromatic carbocycles. The Morgan fingerprint density at radius 3 is 2.62 bits per heavy atom. The Kier molecular flexibility index (Phi) is 8.52. The number of hydrogen-bond acceptors (Lipinski definition) is 5. The summed E-state index contributed by atoms with van der Waals surface area (Å²) >= 11 is 1.45. The molecule has 6 nitrogen and oxygen atoms in total. The van der Waals surface area contributed by atoms with Crippen molar-refractivity contribution in [2.24, 2.45) is 11.7 Å². The standard InChI is InChI=1S/C16H23N3O3S.ClH/c1-23-12-7-8-15(19(21)22)13(9-12)16(20)18-14(10-17)11-5-3-2-4-6-11;/h7-9,11,14H,2-6,10,17H2,1H3,(H,18,20);1H. The summed E-state index contributed by atoms with van der Waals surface area (Å²) in [4.78, 5) is 24.1. The second kappa shape index (κ2) is 9.86. The van der Waals surface area contributed by atoms with Crippen LogP contribution >= 0.6 is 24.2 Å². The number of carbonyl (C=O) groups excluding carboxylic acids is 1. The molecule has 1 aliphatic rings. The van der Waals surface area contributed by atoms with Crippen LogP contribution in [0.2, 0.25) is 0 Å². The molecule has 1 aliphatic carbocycles. The van der Waals surface area contributed by atoms with Gasteiger partial charge in [0.15, 0.2) is 0 Å². The van der Waals surface area contributed by atoms with Crippen LogP contribution in [0.3, 0.4) is 0 Å². The summed E-state index contributed by atoms with van der Waals surface area (Å²) in [5.41, 5.74) is 5.77. The SMILES string of the molecule is CSc1ccc([N+](=O)[O-])c(C(=O)NC(CN)C2CCCCC2)c1.Cl. The van der Waals surface area contributed by atoms with Crippen molar-refractivity contribution >= 4 is 35.8 Å². The molecule has 0 radical (unpaired) electrons. The van der Waals surface area contributed by atoms with Crippen molar-refractivity contribution in [2.45, 2.75) is 43.0 Å². The number of nitrogens with two attached hydrogens (primary N) is 1. The normalized spacial score (nSPS) is 16.1. The van der Waals surface area contributed by atoms with E-state index < -0.39 is 10.8 Å². The van der Waals surface area contributed by atoms with Crippen molar-refractivity contribution in [3.8, 4) is 0 Å².